The molecule has 6 heteroatoms. The van der Waals surface area contributed by atoms with Crippen LogP contribution < -0.4 is 9.64 Å². The smallest absolute Gasteiger partial charge is 0.227 e. The molecule has 4 aromatic rings. The first kappa shape index (κ1) is 23.4. The maximum Gasteiger partial charge on any atom is 0.227 e. The zero-order valence-electron chi connectivity index (χ0n) is 19.6. The van der Waals surface area contributed by atoms with E-state index >= 15 is 0 Å². The Morgan fingerprint density at radius 1 is 1.06 bits per heavy atom. The molecular formula is C29H28BrN3O2. The molecule has 1 atom stereocenters. The number of allylic oxidation sites excluding steroid dienone is 1. The van der Waals surface area contributed by atoms with Gasteiger partial charge in [-0.3, -0.25) is 4.79 Å². The van der Waals surface area contributed by atoms with E-state index in [0.29, 0.717) is 19.6 Å². The third kappa shape index (κ3) is 5.03. The first-order valence-corrected chi connectivity index (χ1v) is 12.8. The molecule has 178 valence electrons. The zero-order valence-corrected chi connectivity index (χ0v) is 21.2. The highest BCUT2D eigenvalue weighted by molar-refractivity contribution is 9.10. The van der Waals surface area contributed by atoms with Crippen LogP contribution in [-0.2, 0) is 17.8 Å². The molecule has 0 saturated carbocycles. The van der Waals surface area contributed by atoms with Crippen molar-refractivity contribution in [3.05, 3.63) is 101 Å². The molecule has 1 fully saturated rings. The Labute approximate surface area is 214 Å². The van der Waals surface area contributed by atoms with Crippen molar-refractivity contribution in [3.8, 4) is 5.75 Å². The summed E-state index contributed by atoms with van der Waals surface area (Å²) in [5, 5.41) is 0. The number of para-hydroxylation sites is 3. The molecule has 1 unspecified atom stereocenters. The summed E-state index contributed by atoms with van der Waals surface area (Å²) in [6, 6.07) is 24.2. The Bertz CT molecular complexity index is 1350. The summed E-state index contributed by atoms with van der Waals surface area (Å²) < 4.78 is 9.39. The number of rotatable bonds is 9. The highest BCUT2D eigenvalue weighted by Crippen LogP contribution is 2.34. The lowest BCUT2D eigenvalue weighted by atomic mass is 10.1. The predicted octanol–water partition coefficient (Wildman–Crippen LogP) is 6.52. The summed E-state index contributed by atoms with van der Waals surface area (Å²) >= 11 is 3.47. The van der Waals surface area contributed by atoms with Gasteiger partial charge in [-0.15, -0.1) is 6.58 Å². The van der Waals surface area contributed by atoms with Gasteiger partial charge in [-0.1, -0.05) is 52.3 Å². The highest BCUT2D eigenvalue weighted by atomic mass is 79.9. The SMILES string of the molecule is C=CCc1ccccc1OCCCn1c(C2CC(=O)N(c3ccc(Br)cc3)C2)nc2ccccc21. The van der Waals surface area contributed by atoms with Crippen molar-refractivity contribution in [2.45, 2.75) is 31.7 Å². The van der Waals surface area contributed by atoms with Crippen molar-refractivity contribution in [2.75, 3.05) is 18.1 Å². The number of fused-ring (bicyclic) bond motifs is 1. The minimum atomic E-state index is 0.0489. The summed E-state index contributed by atoms with van der Waals surface area (Å²) in [4.78, 5) is 19.8. The average Bonchev–Trinajstić information content (AvgIpc) is 3.44. The third-order valence-corrected chi connectivity index (χ3v) is 6.96. The van der Waals surface area contributed by atoms with Crippen LogP contribution in [0.3, 0.4) is 0 Å². The topological polar surface area (TPSA) is 47.4 Å². The molecule has 1 aromatic heterocycles. The minimum Gasteiger partial charge on any atom is -0.493 e. The van der Waals surface area contributed by atoms with E-state index in [1.165, 1.54) is 0 Å². The lowest BCUT2D eigenvalue weighted by Crippen LogP contribution is -2.24. The molecule has 0 radical (unpaired) electrons. The molecule has 2 heterocycles. The fraction of sp³-hybridized carbons (Fsp3) is 0.241. The van der Waals surface area contributed by atoms with Gasteiger partial charge in [0.05, 0.1) is 17.6 Å². The van der Waals surface area contributed by atoms with Gasteiger partial charge in [0.1, 0.15) is 11.6 Å². The Morgan fingerprint density at radius 3 is 2.66 bits per heavy atom. The summed E-state index contributed by atoms with van der Waals surface area (Å²) in [5.74, 6) is 2.08. The van der Waals surface area contributed by atoms with Crippen molar-refractivity contribution >= 4 is 38.6 Å². The molecule has 1 amide bonds. The van der Waals surface area contributed by atoms with Gasteiger partial charge >= 0.3 is 0 Å². The second-order valence-electron chi connectivity index (χ2n) is 8.79. The molecule has 5 nitrogen and oxygen atoms in total. The van der Waals surface area contributed by atoms with Gasteiger partial charge < -0.3 is 14.2 Å². The third-order valence-electron chi connectivity index (χ3n) is 6.43. The van der Waals surface area contributed by atoms with Gasteiger partial charge in [0.15, 0.2) is 0 Å². The summed E-state index contributed by atoms with van der Waals surface area (Å²) in [6.45, 7) is 5.86. The van der Waals surface area contributed by atoms with Crippen LogP contribution in [0.25, 0.3) is 11.0 Å². The van der Waals surface area contributed by atoms with Crippen LogP contribution in [0.4, 0.5) is 5.69 Å². The van der Waals surface area contributed by atoms with E-state index in [9.17, 15) is 4.79 Å². The van der Waals surface area contributed by atoms with Crippen LogP contribution >= 0.6 is 15.9 Å². The zero-order chi connectivity index (χ0) is 24.2. The number of imidazole rings is 1. The van der Waals surface area contributed by atoms with Gasteiger partial charge in [-0.2, -0.15) is 0 Å². The van der Waals surface area contributed by atoms with E-state index in [2.05, 4.69) is 39.2 Å². The number of ether oxygens (including phenoxy) is 1. The lowest BCUT2D eigenvalue weighted by Gasteiger charge is -2.18. The van der Waals surface area contributed by atoms with E-state index < -0.39 is 0 Å². The Morgan fingerprint density at radius 2 is 1.83 bits per heavy atom. The van der Waals surface area contributed by atoms with E-state index in [4.69, 9.17) is 9.72 Å². The molecule has 1 aliphatic rings. The van der Waals surface area contributed by atoms with Gasteiger partial charge in [0.2, 0.25) is 5.91 Å². The normalized spacial score (nSPS) is 15.6. The predicted molar refractivity (Wildman–Crippen MR) is 144 cm³/mol. The quantitative estimate of drug-likeness (QED) is 0.183. The molecule has 1 saturated heterocycles. The molecule has 35 heavy (non-hydrogen) atoms. The molecule has 3 aromatic carbocycles. The van der Waals surface area contributed by atoms with E-state index in [-0.39, 0.29) is 11.8 Å². The van der Waals surface area contributed by atoms with Crippen LogP contribution in [0.2, 0.25) is 0 Å². The Kier molecular flexibility index (Phi) is 7.00. The van der Waals surface area contributed by atoms with Crippen LogP contribution in [0, 0.1) is 0 Å². The number of aromatic nitrogens is 2. The van der Waals surface area contributed by atoms with Gasteiger partial charge in [-0.05, 0) is 60.9 Å². The molecule has 5 rings (SSSR count). The average molecular weight is 530 g/mol. The monoisotopic (exact) mass is 529 g/mol. The van der Waals surface area contributed by atoms with Gasteiger partial charge in [0.25, 0.3) is 0 Å². The first-order valence-electron chi connectivity index (χ1n) is 12.0. The second-order valence-corrected chi connectivity index (χ2v) is 9.71. The standard InChI is InChI=1S/C29H28BrN3O2/c1-2-8-21-9-3-6-12-27(21)35-18-7-17-32-26-11-5-4-10-25(26)31-29(32)22-19-28(34)33(20-22)24-15-13-23(30)14-16-24/h2-6,9-16,22H,1,7-8,17-20H2. The maximum absolute atomic E-state index is 12.9. The van der Waals surface area contributed by atoms with E-state index in [1.54, 1.807) is 0 Å². The summed E-state index contributed by atoms with van der Waals surface area (Å²) in [7, 11) is 0. The van der Waals surface area contributed by atoms with Crippen LogP contribution in [-0.4, -0.2) is 28.6 Å². The molecule has 0 spiro atoms. The number of carbonyl (C=O) groups excluding carboxylic acids is 1. The van der Waals surface area contributed by atoms with Crippen molar-refractivity contribution in [1.82, 2.24) is 9.55 Å². The summed E-state index contributed by atoms with van der Waals surface area (Å²) in [5.41, 5.74) is 4.14. The lowest BCUT2D eigenvalue weighted by molar-refractivity contribution is -0.117. The number of anilines is 1. The molecule has 0 aliphatic carbocycles. The number of amides is 1. The fourth-order valence-corrected chi connectivity index (χ4v) is 5.03. The molecule has 0 bridgehead atoms. The first-order chi connectivity index (χ1) is 17.1. The molecule has 1 aliphatic heterocycles. The Hall–Kier alpha value is -3.38. The van der Waals surface area contributed by atoms with Gasteiger partial charge in [-0.25, -0.2) is 4.98 Å². The van der Waals surface area contributed by atoms with E-state index in [0.717, 1.165) is 57.7 Å². The summed E-state index contributed by atoms with van der Waals surface area (Å²) in [6.07, 6.45) is 3.99. The van der Waals surface area contributed by atoms with E-state index in [1.807, 2.05) is 71.6 Å². The molecule has 0 N–H and O–H groups in total. The second kappa shape index (κ2) is 10.5. The number of aryl methyl sites for hydroxylation is 1. The fourth-order valence-electron chi connectivity index (χ4n) is 4.77. The number of hydrogen-bond donors (Lipinski definition) is 0. The Balaban J connectivity index is 1.33. The van der Waals surface area contributed by atoms with Gasteiger partial charge in [0, 0.05) is 35.6 Å². The molecular weight excluding hydrogens is 502 g/mol. The van der Waals surface area contributed by atoms with Crippen molar-refractivity contribution in [3.63, 3.8) is 0 Å². The largest absolute Gasteiger partial charge is 0.493 e. The van der Waals surface area contributed by atoms with Crippen LogP contribution in [0.15, 0.2) is 89.9 Å². The minimum absolute atomic E-state index is 0.0489. The maximum atomic E-state index is 12.9. The number of benzene rings is 3. The number of carbonyl (C=O) groups is 1. The van der Waals surface area contributed by atoms with Crippen LogP contribution in [0.5, 0.6) is 5.75 Å². The number of nitrogens with zero attached hydrogens (tertiary/aromatic N) is 3. The number of hydrogen-bond acceptors (Lipinski definition) is 3. The van der Waals surface area contributed by atoms with Crippen LogP contribution in [0.1, 0.15) is 30.1 Å². The number of halogens is 1. The van der Waals surface area contributed by atoms with Crippen molar-refractivity contribution in [1.29, 1.82) is 0 Å². The van der Waals surface area contributed by atoms with Crippen molar-refractivity contribution in [2.24, 2.45) is 0 Å². The highest BCUT2D eigenvalue weighted by Gasteiger charge is 2.34. The van der Waals surface area contributed by atoms with Crippen molar-refractivity contribution < 1.29 is 9.53 Å².